The molecule has 0 N–H and O–H groups in total. The molecule has 0 atom stereocenters. The predicted octanol–water partition coefficient (Wildman–Crippen LogP) is 1.79. The average Bonchev–Trinajstić information content (AvgIpc) is 1.82. The third-order valence-electron chi connectivity index (χ3n) is 0.640. The minimum absolute atomic E-state index is 0.218. The number of hydrogen-bond donors (Lipinski definition) is 0. The van der Waals surface area contributed by atoms with Crippen molar-refractivity contribution in [3.8, 4) is 0 Å². The Morgan fingerprint density at radius 2 is 2.30 bits per heavy atom. The molecule has 0 saturated heterocycles. The summed E-state index contributed by atoms with van der Waals surface area (Å²) in [4.78, 5) is 14.1. The molecule has 0 unspecified atom stereocenters. The van der Waals surface area contributed by atoms with Crippen LogP contribution in [-0.2, 0) is 4.74 Å². The molecule has 0 bridgehead atoms. The molecule has 0 aliphatic heterocycles. The molecule has 3 nitrogen and oxygen atoms in total. The lowest BCUT2D eigenvalue weighted by atomic mass is 10.5. The van der Waals surface area contributed by atoms with E-state index in [1.54, 1.807) is 13.8 Å². The van der Waals surface area contributed by atoms with E-state index in [-0.39, 0.29) is 6.61 Å². The van der Waals surface area contributed by atoms with Crippen LogP contribution in [0.1, 0.15) is 13.8 Å². The van der Waals surface area contributed by atoms with E-state index in [0.29, 0.717) is 5.71 Å². The zero-order valence-electron chi connectivity index (χ0n) is 6.26. The van der Waals surface area contributed by atoms with E-state index < -0.39 is 6.09 Å². The normalized spacial score (nSPS) is 8.20. The fourth-order valence-corrected chi connectivity index (χ4v) is 0.345. The molecule has 0 fully saturated rings. The average molecular weight is 141 g/mol. The van der Waals surface area contributed by atoms with Crippen LogP contribution in [0.25, 0.3) is 0 Å². The predicted molar refractivity (Wildman–Crippen MR) is 40.3 cm³/mol. The molecule has 0 aromatic heterocycles. The molecule has 0 radical (unpaired) electrons. The molecule has 0 aliphatic rings. The van der Waals surface area contributed by atoms with Crippen molar-refractivity contribution in [3.05, 3.63) is 12.7 Å². The van der Waals surface area contributed by atoms with Gasteiger partial charge in [-0.1, -0.05) is 12.7 Å². The van der Waals surface area contributed by atoms with Gasteiger partial charge in [-0.05, 0) is 13.8 Å². The Balaban J connectivity index is 3.64. The van der Waals surface area contributed by atoms with Gasteiger partial charge in [-0.15, -0.1) is 0 Å². The fourth-order valence-electron chi connectivity index (χ4n) is 0.345. The number of rotatable bonds is 2. The topological polar surface area (TPSA) is 38.7 Å². The van der Waals surface area contributed by atoms with Crippen LogP contribution >= 0.6 is 0 Å². The van der Waals surface area contributed by atoms with E-state index in [2.05, 4.69) is 16.3 Å². The standard InChI is InChI=1S/C7H11NO2/c1-4-5-10-7(9)8-6(2)3/h4H,1,5H2,2-3H3. The third-order valence-corrected chi connectivity index (χ3v) is 0.640. The molecule has 0 saturated carbocycles. The number of amides is 1. The van der Waals surface area contributed by atoms with Crippen molar-refractivity contribution >= 4 is 11.8 Å². The molecular formula is C7H11NO2. The van der Waals surface area contributed by atoms with Crippen molar-refractivity contribution in [2.45, 2.75) is 13.8 Å². The van der Waals surface area contributed by atoms with Crippen LogP contribution in [0.4, 0.5) is 4.79 Å². The van der Waals surface area contributed by atoms with Gasteiger partial charge >= 0.3 is 6.09 Å². The van der Waals surface area contributed by atoms with E-state index in [1.807, 2.05) is 0 Å². The first-order valence-electron chi connectivity index (χ1n) is 2.96. The summed E-state index contributed by atoms with van der Waals surface area (Å²) in [5.74, 6) is 0. The zero-order valence-corrected chi connectivity index (χ0v) is 6.26. The van der Waals surface area contributed by atoms with Gasteiger partial charge in [-0.2, -0.15) is 4.99 Å². The molecule has 1 amide bonds. The lowest BCUT2D eigenvalue weighted by Gasteiger charge is -1.94. The largest absolute Gasteiger partial charge is 0.444 e. The minimum atomic E-state index is -0.556. The van der Waals surface area contributed by atoms with Crippen LogP contribution in [-0.4, -0.2) is 18.4 Å². The second-order valence-corrected chi connectivity index (χ2v) is 1.92. The monoisotopic (exact) mass is 141 g/mol. The van der Waals surface area contributed by atoms with Crippen molar-refractivity contribution in [3.63, 3.8) is 0 Å². The smallest absolute Gasteiger partial charge is 0.433 e. The lowest BCUT2D eigenvalue weighted by molar-refractivity contribution is 0.170. The third kappa shape index (κ3) is 5.03. The molecule has 0 rings (SSSR count). The van der Waals surface area contributed by atoms with E-state index in [9.17, 15) is 4.79 Å². The first-order valence-corrected chi connectivity index (χ1v) is 2.96. The summed E-state index contributed by atoms with van der Waals surface area (Å²) in [7, 11) is 0. The van der Waals surface area contributed by atoms with Crippen LogP contribution < -0.4 is 0 Å². The number of nitrogens with zero attached hydrogens (tertiary/aromatic N) is 1. The first-order chi connectivity index (χ1) is 4.66. The molecule has 0 aliphatic carbocycles. The maximum atomic E-state index is 10.6. The number of ether oxygens (including phenoxy) is 1. The van der Waals surface area contributed by atoms with Crippen LogP contribution in [0, 0.1) is 0 Å². The highest BCUT2D eigenvalue weighted by atomic mass is 16.5. The summed E-state index contributed by atoms with van der Waals surface area (Å²) in [6.07, 6.45) is 0.943. The quantitative estimate of drug-likeness (QED) is 0.434. The van der Waals surface area contributed by atoms with Gasteiger partial charge in [-0.3, -0.25) is 0 Å². The van der Waals surface area contributed by atoms with Crippen LogP contribution in [0.2, 0.25) is 0 Å². The Bertz CT molecular complexity index is 157. The van der Waals surface area contributed by atoms with Crippen LogP contribution in [0.3, 0.4) is 0 Å². The molecule has 0 heterocycles. The number of aliphatic imine (C=N–C) groups is 1. The van der Waals surface area contributed by atoms with Gasteiger partial charge < -0.3 is 4.74 Å². The summed E-state index contributed by atoms with van der Waals surface area (Å²) in [6, 6.07) is 0. The van der Waals surface area contributed by atoms with Crippen molar-refractivity contribution in [1.82, 2.24) is 0 Å². The van der Waals surface area contributed by atoms with Crippen LogP contribution in [0.5, 0.6) is 0 Å². The highest BCUT2D eigenvalue weighted by molar-refractivity contribution is 5.89. The van der Waals surface area contributed by atoms with Gasteiger partial charge in [0.25, 0.3) is 0 Å². The highest BCUT2D eigenvalue weighted by Crippen LogP contribution is 1.85. The van der Waals surface area contributed by atoms with Crippen molar-refractivity contribution in [2.75, 3.05) is 6.61 Å². The number of carbonyl (C=O) groups excluding carboxylic acids is 1. The Hall–Kier alpha value is -1.12. The van der Waals surface area contributed by atoms with Gasteiger partial charge in [-0.25, -0.2) is 4.79 Å². The summed E-state index contributed by atoms with van der Waals surface area (Å²) in [5, 5.41) is 0. The van der Waals surface area contributed by atoms with E-state index in [1.165, 1.54) is 6.08 Å². The van der Waals surface area contributed by atoms with Gasteiger partial charge in [0.1, 0.15) is 6.61 Å². The van der Waals surface area contributed by atoms with E-state index >= 15 is 0 Å². The van der Waals surface area contributed by atoms with Crippen molar-refractivity contribution in [1.29, 1.82) is 0 Å². The Morgan fingerprint density at radius 1 is 1.70 bits per heavy atom. The van der Waals surface area contributed by atoms with Crippen molar-refractivity contribution in [2.24, 2.45) is 4.99 Å². The molecule has 56 valence electrons. The van der Waals surface area contributed by atoms with Crippen molar-refractivity contribution < 1.29 is 9.53 Å². The summed E-state index contributed by atoms with van der Waals surface area (Å²) >= 11 is 0. The SMILES string of the molecule is C=CCOC(=O)N=C(C)C. The Morgan fingerprint density at radius 3 is 2.70 bits per heavy atom. The molecule has 0 aromatic carbocycles. The van der Waals surface area contributed by atoms with Gasteiger partial charge in [0, 0.05) is 5.71 Å². The maximum Gasteiger partial charge on any atom is 0.433 e. The van der Waals surface area contributed by atoms with Gasteiger partial charge in [0.2, 0.25) is 0 Å². The van der Waals surface area contributed by atoms with Gasteiger partial charge in [0.05, 0.1) is 0 Å². The second-order valence-electron chi connectivity index (χ2n) is 1.92. The fraction of sp³-hybridized carbons (Fsp3) is 0.429. The van der Waals surface area contributed by atoms with Gasteiger partial charge in [0.15, 0.2) is 0 Å². The maximum absolute atomic E-state index is 10.6. The molecule has 3 heteroatoms. The molecule has 0 aromatic rings. The van der Waals surface area contributed by atoms with E-state index in [4.69, 9.17) is 0 Å². The minimum Gasteiger partial charge on any atom is -0.444 e. The second kappa shape index (κ2) is 4.73. The zero-order chi connectivity index (χ0) is 7.98. The number of hydrogen-bond acceptors (Lipinski definition) is 2. The summed E-state index contributed by atoms with van der Waals surface area (Å²) in [6.45, 7) is 7.07. The Kier molecular flexibility index (Phi) is 4.20. The van der Waals surface area contributed by atoms with Crippen LogP contribution in [0.15, 0.2) is 17.6 Å². The molecule has 10 heavy (non-hydrogen) atoms. The number of carbonyl (C=O) groups is 1. The summed E-state index contributed by atoms with van der Waals surface area (Å²) in [5.41, 5.74) is 0.689. The first kappa shape index (κ1) is 8.88. The molecule has 0 spiro atoms. The van der Waals surface area contributed by atoms with E-state index in [0.717, 1.165) is 0 Å². The highest BCUT2D eigenvalue weighted by Gasteiger charge is 1.94. The summed E-state index contributed by atoms with van der Waals surface area (Å²) < 4.78 is 4.56. The molecular weight excluding hydrogens is 130 g/mol. The lowest BCUT2D eigenvalue weighted by Crippen LogP contribution is -2.00. The Labute approximate surface area is 60.4 Å².